The molecule has 0 spiro atoms. The van der Waals surface area contributed by atoms with Gasteiger partial charge >= 0.3 is 6.18 Å². The maximum atomic E-state index is 13.2. The van der Waals surface area contributed by atoms with Crippen LogP contribution in [-0.4, -0.2) is 19.5 Å². The number of hydrogen-bond acceptors (Lipinski definition) is 4. The molecule has 166 valence electrons. The van der Waals surface area contributed by atoms with Crippen LogP contribution in [0.2, 0.25) is 0 Å². The van der Waals surface area contributed by atoms with Gasteiger partial charge < -0.3 is 5.32 Å². The van der Waals surface area contributed by atoms with Gasteiger partial charge in [-0.3, -0.25) is 4.57 Å². The molecule has 1 N–H and O–H groups in total. The molecule has 0 unspecified atom stereocenters. The van der Waals surface area contributed by atoms with Gasteiger partial charge in [0.25, 0.3) is 0 Å². The predicted octanol–water partition coefficient (Wildman–Crippen LogP) is 6.68. The molecule has 0 atom stereocenters. The number of rotatable bonds is 4. The van der Waals surface area contributed by atoms with E-state index in [9.17, 15) is 13.2 Å². The maximum absolute atomic E-state index is 13.2. The van der Waals surface area contributed by atoms with Gasteiger partial charge in [0.2, 0.25) is 5.95 Å². The fourth-order valence-electron chi connectivity index (χ4n) is 4.16. The Balaban J connectivity index is 1.77. The van der Waals surface area contributed by atoms with Gasteiger partial charge in [-0.25, -0.2) is 15.0 Å². The largest absolute Gasteiger partial charge is 0.416 e. The van der Waals surface area contributed by atoms with Crippen molar-refractivity contribution in [2.45, 2.75) is 71.5 Å². The van der Waals surface area contributed by atoms with E-state index in [-0.39, 0.29) is 11.5 Å². The number of anilines is 2. The molecule has 0 aliphatic heterocycles. The molecule has 1 aliphatic carbocycles. The molecule has 1 aliphatic rings. The molecular weight excluding hydrogens is 403 g/mol. The SMILES string of the molecule is CC(C)(C)Cc1ncc2nc(Nc3cccc(C(F)(F)F)c3)n(C3CCCCC3)c2n1. The highest BCUT2D eigenvalue weighted by Gasteiger charge is 2.31. The number of nitrogens with one attached hydrogen (secondary N) is 1. The van der Waals surface area contributed by atoms with Crippen molar-refractivity contribution in [3.63, 3.8) is 0 Å². The van der Waals surface area contributed by atoms with E-state index < -0.39 is 11.7 Å². The molecule has 0 amide bonds. The van der Waals surface area contributed by atoms with Crippen LogP contribution in [0.3, 0.4) is 0 Å². The van der Waals surface area contributed by atoms with E-state index in [0.29, 0.717) is 17.2 Å². The Hall–Kier alpha value is -2.64. The van der Waals surface area contributed by atoms with Crippen molar-refractivity contribution in [2.75, 3.05) is 5.32 Å². The summed E-state index contributed by atoms with van der Waals surface area (Å²) in [7, 11) is 0. The zero-order valence-corrected chi connectivity index (χ0v) is 18.1. The molecule has 1 aromatic carbocycles. The van der Waals surface area contributed by atoms with Crippen molar-refractivity contribution in [3.8, 4) is 0 Å². The lowest BCUT2D eigenvalue weighted by atomic mass is 9.92. The Labute approximate surface area is 180 Å². The molecule has 4 rings (SSSR count). The van der Waals surface area contributed by atoms with Crippen LogP contribution in [-0.2, 0) is 12.6 Å². The lowest BCUT2D eigenvalue weighted by molar-refractivity contribution is -0.137. The molecule has 1 fully saturated rings. The fourth-order valence-corrected chi connectivity index (χ4v) is 4.16. The van der Waals surface area contributed by atoms with Crippen molar-refractivity contribution >= 4 is 22.8 Å². The number of halogens is 3. The molecule has 0 saturated heterocycles. The minimum absolute atomic E-state index is 0.0441. The van der Waals surface area contributed by atoms with Gasteiger partial charge in [0.15, 0.2) is 5.65 Å². The van der Waals surface area contributed by atoms with Gasteiger partial charge in [-0.05, 0) is 36.5 Å². The smallest absolute Gasteiger partial charge is 0.326 e. The Morgan fingerprint density at radius 2 is 1.81 bits per heavy atom. The van der Waals surface area contributed by atoms with Gasteiger partial charge in [0.1, 0.15) is 11.3 Å². The molecule has 0 radical (unpaired) electrons. The Morgan fingerprint density at radius 3 is 2.48 bits per heavy atom. The van der Waals surface area contributed by atoms with Crippen molar-refractivity contribution in [3.05, 3.63) is 41.9 Å². The molecule has 1 saturated carbocycles. The molecule has 5 nitrogen and oxygen atoms in total. The summed E-state index contributed by atoms with van der Waals surface area (Å²) in [6.45, 7) is 6.42. The van der Waals surface area contributed by atoms with Crippen LogP contribution in [0.5, 0.6) is 0 Å². The second kappa shape index (κ2) is 8.13. The highest BCUT2D eigenvalue weighted by atomic mass is 19.4. The van der Waals surface area contributed by atoms with E-state index in [4.69, 9.17) is 4.98 Å². The van der Waals surface area contributed by atoms with Crippen LogP contribution in [0.15, 0.2) is 30.5 Å². The molecule has 2 aromatic heterocycles. The number of alkyl halides is 3. The lowest BCUT2D eigenvalue weighted by Crippen LogP contribution is -2.17. The number of nitrogens with zero attached hydrogens (tertiary/aromatic N) is 4. The summed E-state index contributed by atoms with van der Waals surface area (Å²) in [6.07, 6.45) is 3.50. The van der Waals surface area contributed by atoms with Gasteiger partial charge in [-0.2, -0.15) is 13.2 Å². The average molecular weight is 432 g/mol. The molecule has 8 heteroatoms. The minimum atomic E-state index is -4.39. The first-order chi connectivity index (χ1) is 14.6. The third-order valence-electron chi connectivity index (χ3n) is 5.56. The number of imidazole rings is 1. The zero-order valence-electron chi connectivity index (χ0n) is 18.1. The third kappa shape index (κ3) is 4.99. The van der Waals surface area contributed by atoms with Gasteiger partial charge in [-0.15, -0.1) is 0 Å². The van der Waals surface area contributed by atoms with Gasteiger partial charge in [0.05, 0.1) is 11.8 Å². The third-order valence-corrected chi connectivity index (χ3v) is 5.56. The van der Waals surface area contributed by atoms with Crippen LogP contribution in [0, 0.1) is 5.41 Å². The van der Waals surface area contributed by atoms with E-state index in [1.54, 1.807) is 12.3 Å². The van der Waals surface area contributed by atoms with Crippen LogP contribution < -0.4 is 5.32 Å². The van der Waals surface area contributed by atoms with Crippen LogP contribution in [0.4, 0.5) is 24.8 Å². The van der Waals surface area contributed by atoms with Crippen molar-refractivity contribution in [1.29, 1.82) is 0 Å². The molecule has 3 aromatic rings. The molecule has 0 bridgehead atoms. The number of hydrogen-bond donors (Lipinski definition) is 1. The summed E-state index contributed by atoms with van der Waals surface area (Å²) in [5, 5.41) is 3.12. The van der Waals surface area contributed by atoms with Crippen LogP contribution in [0.25, 0.3) is 11.2 Å². The first-order valence-corrected chi connectivity index (χ1v) is 10.8. The second-order valence-electron chi connectivity index (χ2n) is 9.53. The second-order valence-corrected chi connectivity index (χ2v) is 9.53. The quantitative estimate of drug-likeness (QED) is 0.500. The van der Waals surface area contributed by atoms with Crippen molar-refractivity contribution in [1.82, 2.24) is 19.5 Å². The van der Waals surface area contributed by atoms with Crippen molar-refractivity contribution in [2.24, 2.45) is 5.41 Å². The number of aromatic nitrogens is 4. The molecule has 2 heterocycles. The lowest BCUT2D eigenvalue weighted by Gasteiger charge is -2.25. The topological polar surface area (TPSA) is 55.6 Å². The number of fused-ring (bicyclic) bond motifs is 1. The van der Waals surface area contributed by atoms with E-state index in [1.165, 1.54) is 12.5 Å². The summed E-state index contributed by atoms with van der Waals surface area (Å²) in [4.78, 5) is 14.0. The van der Waals surface area contributed by atoms with Gasteiger partial charge in [-0.1, -0.05) is 46.1 Å². The average Bonchev–Trinajstić information content (AvgIpc) is 3.04. The fraction of sp³-hybridized carbons (Fsp3) is 0.522. The highest BCUT2D eigenvalue weighted by Crippen LogP contribution is 2.36. The van der Waals surface area contributed by atoms with Crippen molar-refractivity contribution < 1.29 is 13.2 Å². The zero-order chi connectivity index (χ0) is 22.2. The summed E-state index contributed by atoms with van der Waals surface area (Å²) in [6, 6.07) is 5.42. The Kier molecular flexibility index (Phi) is 5.66. The summed E-state index contributed by atoms with van der Waals surface area (Å²) >= 11 is 0. The summed E-state index contributed by atoms with van der Waals surface area (Å²) < 4.78 is 41.5. The van der Waals surface area contributed by atoms with E-state index in [2.05, 4.69) is 40.6 Å². The van der Waals surface area contributed by atoms with Gasteiger partial charge in [0, 0.05) is 18.2 Å². The maximum Gasteiger partial charge on any atom is 0.416 e. The monoisotopic (exact) mass is 431 g/mol. The summed E-state index contributed by atoms with van der Waals surface area (Å²) in [5.74, 6) is 1.27. The normalized spacial score (nSPS) is 16.1. The molecular formula is C23H28F3N5. The standard InChI is InChI=1S/C23H28F3N5/c1-22(2,3)13-19-27-14-18-20(30-19)31(17-10-5-4-6-11-17)21(29-18)28-16-9-7-8-15(12-16)23(24,25)26/h7-9,12,14,17H,4-6,10-11,13H2,1-3H3,(H,28,29). The predicted molar refractivity (Wildman–Crippen MR) is 115 cm³/mol. The van der Waals surface area contributed by atoms with E-state index >= 15 is 0 Å². The van der Waals surface area contributed by atoms with E-state index in [1.807, 2.05) is 0 Å². The minimum Gasteiger partial charge on any atom is -0.326 e. The van der Waals surface area contributed by atoms with Crippen LogP contribution in [0.1, 0.15) is 70.3 Å². The number of benzene rings is 1. The van der Waals surface area contributed by atoms with Crippen LogP contribution >= 0.6 is 0 Å². The van der Waals surface area contributed by atoms with E-state index in [0.717, 1.165) is 55.7 Å². The Morgan fingerprint density at radius 1 is 1.06 bits per heavy atom. The first-order valence-electron chi connectivity index (χ1n) is 10.8. The summed E-state index contributed by atoms with van der Waals surface area (Å²) in [5.41, 5.74) is 1.10. The highest BCUT2D eigenvalue weighted by molar-refractivity contribution is 5.75. The first kappa shape index (κ1) is 21.6. The Bertz CT molecular complexity index is 1060. The molecule has 31 heavy (non-hydrogen) atoms.